The first-order chi connectivity index (χ1) is 5.36. The summed E-state index contributed by atoms with van der Waals surface area (Å²) >= 11 is 0. The fourth-order valence-electron chi connectivity index (χ4n) is 1.16. The number of nitrogens with one attached hydrogen (secondary N) is 1. The molecule has 0 bridgehead atoms. The first kappa shape index (κ1) is 6.34. The van der Waals surface area contributed by atoms with E-state index in [0.29, 0.717) is 5.84 Å². The largest absolute Gasteiger partial charge is 0.287 e. The summed E-state index contributed by atoms with van der Waals surface area (Å²) in [6, 6.07) is 3.92. The zero-order chi connectivity index (χ0) is 7.68. The molecule has 11 heavy (non-hydrogen) atoms. The summed E-state index contributed by atoms with van der Waals surface area (Å²) in [6.07, 6.45) is 3.37. The van der Waals surface area contributed by atoms with Crippen molar-refractivity contribution < 1.29 is 0 Å². The summed E-state index contributed by atoms with van der Waals surface area (Å²) in [6.45, 7) is 0. The fourth-order valence-corrected chi connectivity index (χ4v) is 1.16. The van der Waals surface area contributed by atoms with Crippen molar-refractivity contribution in [1.82, 2.24) is 10.7 Å². The molecule has 3 nitrogen and oxygen atoms in total. The Hall–Kier alpha value is -1.38. The number of pyridine rings is 1. The van der Waals surface area contributed by atoms with Crippen LogP contribution < -0.4 is 5.73 Å². The SMILES string of the molecule is [NH]C1=Nc2ncccc2CC1. The van der Waals surface area contributed by atoms with Crippen molar-refractivity contribution in [3.63, 3.8) is 0 Å². The molecule has 0 aromatic carbocycles. The molecule has 0 saturated carbocycles. The standard InChI is InChI=1S/C8H8N3/c9-7-4-3-6-2-1-5-10-8(6)11-7/h1-2,5,9H,3-4H2. The molecule has 1 N–H and O–H groups in total. The minimum atomic E-state index is 0.441. The second-order valence-corrected chi connectivity index (χ2v) is 2.54. The monoisotopic (exact) mass is 146 g/mol. The lowest BCUT2D eigenvalue weighted by Crippen LogP contribution is -2.06. The summed E-state index contributed by atoms with van der Waals surface area (Å²) in [5.41, 5.74) is 8.47. The summed E-state index contributed by atoms with van der Waals surface area (Å²) in [7, 11) is 0. The van der Waals surface area contributed by atoms with Crippen LogP contribution in [0.15, 0.2) is 23.3 Å². The molecule has 0 fully saturated rings. The molecule has 1 radical (unpaired) electrons. The number of aromatic nitrogens is 1. The topological polar surface area (TPSA) is 49.0 Å². The van der Waals surface area contributed by atoms with Crippen molar-refractivity contribution in [1.29, 1.82) is 0 Å². The van der Waals surface area contributed by atoms with Crippen LogP contribution in [0.4, 0.5) is 5.82 Å². The van der Waals surface area contributed by atoms with Crippen LogP contribution in [0.3, 0.4) is 0 Å². The van der Waals surface area contributed by atoms with E-state index in [0.717, 1.165) is 24.2 Å². The van der Waals surface area contributed by atoms with E-state index in [2.05, 4.69) is 9.98 Å². The molecule has 2 heterocycles. The number of rotatable bonds is 0. The molecule has 0 atom stereocenters. The van der Waals surface area contributed by atoms with Gasteiger partial charge in [-0.15, -0.1) is 0 Å². The maximum Gasteiger partial charge on any atom is 0.157 e. The minimum absolute atomic E-state index is 0.441. The van der Waals surface area contributed by atoms with Crippen LogP contribution in [0.25, 0.3) is 0 Å². The number of amidine groups is 1. The second-order valence-electron chi connectivity index (χ2n) is 2.54. The van der Waals surface area contributed by atoms with Gasteiger partial charge in [0.25, 0.3) is 0 Å². The molecular formula is C8H8N3. The summed E-state index contributed by atoms with van der Waals surface area (Å²) in [5.74, 6) is 1.17. The zero-order valence-electron chi connectivity index (χ0n) is 6.04. The van der Waals surface area contributed by atoms with Crippen LogP contribution in [0.5, 0.6) is 0 Å². The van der Waals surface area contributed by atoms with Gasteiger partial charge in [-0.25, -0.2) is 9.98 Å². The summed E-state index contributed by atoms with van der Waals surface area (Å²) in [5, 5.41) is 0. The number of aryl methyl sites for hydroxylation is 1. The van der Waals surface area contributed by atoms with Gasteiger partial charge in [-0.05, 0) is 18.1 Å². The number of nitrogens with zero attached hydrogens (tertiary/aromatic N) is 2. The van der Waals surface area contributed by atoms with E-state index in [4.69, 9.17) is 5.73 Å². The lowest BCUT2D eigenvalue weighted by Gasteiger charge is -2.09. The quantitative estimate of drug-likeness (QED) is 0.544. The molecule has 1 aliphatic heterocycles. The highest BCUT2D eigenvalue weighted by Gasteiger charge is 2.09. The van der Waals surface area contributed by atoms with E-state index in [1.165, 1.54) is 0 Å². The summed E-state index contributed by atoms with van der Waals surface area (Å²) < 4.78 is 0. The van der Waals surface area contributed by atoms with Gasteiger partial charge in [0.05, 0.1) is 0 Å². The van der Waals surface area contributed by atoms with Crippen molar-refractivity contribution in [3.05, 3.63) is 23.9 Å². The maximum atomic E-state index is 7.31. The average Bonchev–Trinajstić information content (AvgIpc) is 2.04. The Morgan fingerprint density at radius 2 is 2.27 bits per heavy atom. The highest BCUT2D eigenvalue weighted by atomic mass is 15.0. The van der Waals surface area contributed by atoms with Gasteiger partial charge in [-0.3, -0.25) is 5.73 Å². The van der Waals surface area contributed by atoms with Gasteiger partial charge in [-0.1, -0.05) is 6.07 Å². The van der Waals surface area contributed by atoms with Crippen molar-refractivity contribution in [2.75, 3.05) is 0 Å². The number of hydrogen-bond donors (Lipinski definition) is 0. The predicted octanol–water partition coefficient (Wildman–Crippen LogP) is 1.34. The maximum absolute atomic E-state index is 7.31. The van der Waals surface area contributed by atoms with Gasteiger partial charge >= 0.3 is 0 Å². The molecule has 3 heteroatoms. The molecule has 1 aliphatic rings. The highest BCUT2D eigenvalue weighted by molar-refractivity contribution is 5.84. The third-order valence-corrected chi connectivity index (χ3v) is 1.74. The van der Waals surface area contributed by atoms with E-state index in [9.17, 15) is 0 Å². The van der Waals surface area contributed by atoms with E-state index in [1.807, 2.05) is 12.1 Å². The Bertz CT molecular complexity index is 304. The van der Waals surface area contributed by atoms with Crippen LogP contribution in [0, 0.1) is 0 Å². The van der Waals surface area contributed by atoms with Crippen LogP contribution in [0.2, 0.25) is 0 Å². The molecule has 0 unspecified atom stereocenters. The second kappa shape index (κ2) is 2.34. The van der Waals surface area contributed by atoms with Gasteiger partial charge in [0, 0.05) is 12.6 Å². The third kappa shape index (κ3) is 1.09. The zero-order valence-corrected chi connectivity index (χ0v) is 6.04. The van der Waals surface area contributed by atoms with Crippen molar-refractivity contribution in [2.45, 2.75) is 12.8 Å². The number of hydrogen-bond acceptors (Lipinski definition) is 2. The number of fused-ring (bicyclic) bond motifs is 1. The molecule has 1 aromatic rings. The van der Waals surface area contributed by atoms with E-state index in [1.54, 1.807) is 6.20 Å². The Labute approximate surface area is 65.0 Å². The predicted molar refractivity (Wildman–Crippen MR) is 42.7 cm³/mol. The molecule has 0 spiro atoms. The third-order valence-electron chi connectivity index (χ3n) is 1.74. The van der Waals surface area contributed by atoms with Gasteiger partial charge < -0.3 is 0 Å². The Morgan fingerprint density at radius 1 is 1.36 bits per heavy atom. The van der Waals surface area contributed by atoms with E-state index < -0.39 is 0 Å². The van der Waals surface area contributed by atoms with Crippen molar-refractivity contribution in [2.24, 2.45) is 4.99 Å². The molecule has 0 aliphatic carbocycles. The Kier molecular flexibility index (Phi) is 1.35. The van der Waals surface area contributed by atoms with Gasteiger partial charge in [0.1, 0.15) is 5.84 Å². The van der Waals surface area contributed by atoms with E-state index in [-0.39, 0.29) is 0 Å². The van der Waals surface area contributed by atoms with Gasteiger partial charge in [0.15, 0.2) is 5.82 Å². The van der Waals surface area contributed by atoms with Crippen molar-refractivity contribution in [3.8, 4) is 0 Å². The average molecular weight is 146 g/mol. The van der Waals surface area contributed by atoms with Crippen LogP contribution in [-0.2, 0) is 6.42 Å². The summed E-state index contributed by atoms with van der Waals surface area (Å²) in [4.78, 5) is 8.08. The lowest BCUT2D eigenvalue weighted by molar-refractivity contribution is 0.968. The van der Waals surface area contributed by atoms with Crippen LogP contribution >= 0.6 is 0 Å². The normalized spacial score (nSPS) is 15.5. The minimum Gasteiger partial charge on any atom is -0.287 e. The molecular weight excluding hydrogens is 138 g/mol. The Balaban J connectivity index is 2.51. The van der Waals surface area contributed by atoms with Crippen LogP contribution in [-0.4, -0.2) is 10.8 Å². The Morgan fingerprint density at radius 3 is 3.18 bits per heavy atom. The van der Waals surface area contributed by atoms with Gasteiger partial charge in [0.2, 0.25) is 0 Å². The lowest BCUT2D eigenvalue weighted by atomic mass is 10.1. The molecule has 0 amide bonds. The molecule has 1 aromatic heterocycles. The number of aliphatic imine (C=N–C) groups is 1. The van der Waals surface area contributed by atoms with Crippen molar-refractivity contribution >= 4 is 11.7 Å². The van der Waals surface area contributed by atoms with Gasteiger partial charge in [-0.2, -0.15) is 0 Å². The highest BCUT2D eigenvalue weighted by Crippen LogP contribution is 2.21. The molecule has 55 valence electrons. The first-order valence-corrected chi connectivity index (χ1v) is 3.59. The smallest absolute Gasteiger partial charge is 0.157 e. The molecule has 2 rings (SSSR count). The van der Waals surface area contributed by atoms with E-state index >= 15 is 0 Å². The molecule has 0 saturated heterocycles. The van der Waals surface area contributed by atoms with Crippen LogP contribution in [0.1, 0.15) is 12.0 Å². The first-order valence-electron chi connectivity index (χ1n) is 3.59. The fraction of sp³-hybridized carbons (Fsp3) is 0.250.